The van der Waals surface area contributed by atoms with E-state index < -0.39 is 0 Å². The summed E-state index contributed by atoms with van der Waals surface area (Å²) in [6.07, 6.45) is 3.33. The lowest BCUT2D eigenvalue weighted by Crippen LogP contribution is -1.89. The van der Waals surface area contributed by atoms with Gasteiger partial charge in [-0.1, -0.05) is 0 Å². The summed E-state index contributed by atoms with van der Waals surface area (Å²) >= 11 is 0. The fourth-order valence-electron chi connectivity index (χ4n) is 2.41. The fraction of sp³-hybridized carbons (Fsp3) is 0.118. The summed E-state index contributed by atoms with van der Waals surface area (Å²) in [5, 5.41) is 7.61. The SMILES string of the molecule is Cc1cc2nc(-c3ccc(-n4cnnc4)cc3)oc2cc1C. The molecule has 22 heavy (non-hydrogen) atoms. The smallest absolute Gasteiger partial charge is 0.227 e. The highest BCUT2D eigenvalue weighted by Crippen LogP contribution is 2.26. The van der Waals surface area contributed by atoms with Gasteiger partial charge in [-0.3, -0.25) is 4.57 Å². The zero-order valence-corrected chi connectivity index (χ0v) is 12.3. The molecule has 0 aliphatic carbocycles. The molecule has 0 saturated carbocycles. The molecule has 0 radical (unpaired) electrons. The Morgan fingerprint density at radius 2 is 1.59 bits per heavy atom. The molecule has 4 rings (SSSR count). The minimum Gasteiger partial charge on any atom is -0.436 e. The molecule has 108 valence electrons. The van der Waals surface area contributed by atoms with Crippen molar-refractivity contribution in [2.24, 2.45) is 0 Å². The molecule has 0 unspecified atom stereocenters. The molecule has 2 heterocycles. The number of aromatic nitrogens is 4. The lowest BCUT2D eigenvalue weighted by atomic mass is 10.1. The van der Waals surface area contributed by atoms with Crippen molar-refractivity contribution in [2.45, 2.75) is 13.8 Å². The third-order valence-corrected chi connectivity index (χ3v) is 3.84. The van der Waals surface area contributed by atoms with Crippen LogP contribution in [-0.4, -0.2) is 19.7 Å². The highest BCUT2D eigenvalue weighted by Gasteiger charge is 2.09. The predicted octanol–water partition coefficient (Wildman–Crippen LogP) is 3.69. The maximum atomic E-state index is 5.88. The van der Waals surface area contributed by atoms with E-state index in [4.69, 9.17) is 4.42 Å². The van der Waals surface area contributed by atoms with Crippen LogP contribution in [0, 0.1) is 13.8 Å². The molecular formula is C17H14N4O. The van der Waals surface area contributed by atoms with Gasteiger partial charge in [-0.05, 0) is 61.4 Å². The molecule has 0 aliphatic heterocycles. The molecule has 4 aromatic rings. The van der Waals surface area contributed by atoms with Crippen molar-refractivity contribution in [1.29, 1.82) is 0 Å². The van der Waals surface area contributed by atoms with Gasteiger partial charge in [-0.25, -0.2) is 4.98 Å². The van der Waals surface area contributed by atoms with E-state index in [0.29, 0.717) is 5.89 Å². The molecule has 0 saturated heterocycles. The van der Waals surface area contributed by atoms with Gasteiger partial charge in [0.15, 0.2) is 5.58 Å². The fourth-order valence-corrected chi connectivity index (χ4v) is 2.41. The van der Waals surface area contributed by atoms with Crippen LogP contribution in [-0.2, 0) is 0 Å². The molecule has 0 aliphatic rings. The van der Waals surface area contributed by atoms with Gasteiger partial charge in [-0.2, -0.15) is 0 Å². The summed E-state index contributed by atoms with van der Waals surface area (Å²) in [5.74, 6) is 0.635. The summed E-state index contributed by atoms with van der Waals surface area (Å²) < 4.78 is 7.73. The Kier molecular flexibility index (Phi) is 2.79. The van der Waals surface area contributed by atoms with Crippen LogP contribution in [0.25, 0.3) is 28.2 Å². The monoisotopic (exact) mass is 290 g/mol. The Morgan fingerprint density at radius 1 is 0.909 bits per heavy atom. The van der Waals surface area contributed by atoms with Crippen LogP contribution < -0.4 is 0 Å². The van der Waals surface area contributed by atoms with Crippen molar-refractivity contribution < 1.29 is 4.42 Å². The molecule has 2 aromatic heterocycles. The first kappa shape index (κ1) is 12.8. The Balaban J connectivity index is 1.75. The van der Waals surface area contributed by atoms with E-state index in [9.17, 15) is 0 Å². The number of nitrogens with zero attached hydrogens (tertiary/aromatic N) is 4. The maximum absolute atomic E-state index is 5.88. The van der Waals surface area contributed by atoms with E-state index in [0.717, 1.165) is 22.4 Å². The van der Waals surface area contributed by atoms with Crippen LogP contribution in [0.4, 0.5) is 0 Å². The van der Waals surface area contributed by atoms with Gasteiger partial charge in [-0.15, -0.1) is 10.2 Å². The van der Waals surface area contributed by atoms with Gasteiger partial charge in [0.05, 0.1) is 0 Å². The van der Waals surface area contributed by atoms with E-state index in [1.54, 1.807) is 12.7 Å². The average Bonchev–Trinajstić information content (AvgIpc) is 3.17. The number of fused-ring (bicyclic) bond motifs is 1. The molecule has 0 bridgehead atoms. The Morgan fingerprint density at radius 3 is 2.32 bits per heavy atom. The first-order valence-corrected chi connectivity index (χ1v) is 7.04. The standard InChI is InChI=1S/C17H14N4O/c1-11-7-15-16(8-12(11)2)22-17(20-15)13-3-5-14(6-4-13)21-9-18-19-10-21/h3-10H,1-2H3. The molecular weight excluding hydrogens is 276 g/mol. The van der Waals surface area contributed by atoms with Gasteiger partial charge in [0.1, 0.15) is 18.2 Å². The minimum absolute atomic E-state index is 0.635. The van der Waals surface area contributed by atoms with Gasteiger partial charge in [0.2, 0.25) is 5.89 Å². The van der Waals surface area contributed by atoms with Crippen molar-refractivity contribution in [3.63, 3.8) is 0 Å². The van der Waals surface area contributed by atoms with Crippen LogP contribution in [0.2, 0.25) is 0 Å². The number of aryl methyl sites for hydroxylation is 2. The van der Waals surface area contributed by atoms with E-state index in [-0.39, 0.29) is 0 Å². The highest BCUT2D eigenvalue weighted by molar-refractivity contribution is 5.78. The number of hydrogen-bond donors (Lipinski definition) is 0. The zero-order valence-electron chi connectivity index (χ0n) is 12.3. The molecule has 2 aromatic carbocycles. The Bertz CT molecular complexity index is 898. The second-order valence-corrected chi connectivity index (χ2v) is 5.34. The van der Waals surface area contributed by atoms with Gasteiger partial charge >= 0.3 is 0 Å². The summed E-state index contributed by atoms with van der Waals surface area (Å²) in [7, 11) is 0. The van der Waals surface area contributed by atoms with Crippen molar-refractivity contribution >= 4 is 11.1 Å². The van der Waals surface area contributed by atoms with Gasteiger partial charge in [0.25, 0.3) is 0 Å². The Hall–Kier alpha value is -2.95. The van der Waals surface area contributed by atoms with Crippen molar-refractivity contribution in [3.8, 4) is 17.1 Å². The lowest BCUT2D eigenvalue weighted by molar-refractivity contribution is 0.619. The van der Waals surface area contributed by atoms with Crippen LogP contribution in [0.3, 0.4) is 0 Å². The van der Waals surface area contributed by atoms with Crippen LogP contribution >= 0.6 is 0 Å². The maximum Gasteiger partial charge on any atom is 0.227 e. The van der Waals surface area contributed by atoms with Gasteiger partial charge in [0, 0.05) is 11.3 Å². The third kappa shape index (κ3) is 2.07. The molecule has 0 amide bonds. The normalized spacial score (nSPS) is 11.2. The molecule has 0 N–H and O–H groups in total. The van der Waals surface area contributed by atoms with Crippen molar-refractivity contribution in [1.82, 2.24) is 19.7 Å². The molecule has 5 heteroatoms. The first-order valence-electron chi connectivity index (χ1n) is 7.04. The number of benzene rings is 2. The third-order valence-electron chi connectivity index (χ3n) is 3.84. The number of hydrogen-bond acceptors (Lipinski definition) is 4. The average molecular weight is 290 g/mol. The number of oxazole rings is 1. The van der Waals surface area contributed by atoms with Crippen molar-refractivity contribution in [3.05, 3.63) is 60.2 Å². The first-order chi connectivity index (χ1) is 10.7. The van der Waals surface area contributed by atoms with Crippen LogP contribution in [0.15, 0.2) is 53.5 Å². The van der Waals surface area contributed by atoms with E-state index in [1.165, 1.54) is 11.1 Å². The summed E-state index contributed by atoms with van der Waals surface area (Å²) in [4.78, 5) is 4.58. The topological polar surface area (TPSA) is 56.7 Å². The summed E-state index contributed by atoms with van der Waals surface area (Å²) in [6.45, 7) is 4.15. The second-order valence-electron chi connectivity index (χ2n) is 5.34. The van der Waals surface area contributed by atoms with E-state index in [2.05, 4.69) is 35.1 Å². The molecule has 0 atom stereocenters. The largest absolute Gasteiger partial charge is 0.436 e. The molecule has 5 nitrogen and oxygen atoms in total. The highest BCUT2D eigenvalue weighted by atomic mass is 16.3. The quantitative estimate of drug-likeness (QED) is 0.565. The Labute approximate surface area is 127 Å². The van der Waals surface area contributed by atoms with Crippen molar-refractivity contribution in [2.75, 3.05) is 0 Å². The molecule has 0 fully saturated rings. The van der Waals surface area contributed by atoms with Gasteiger partial charge < -0.3 is 4.42 Å². The lowest BCUT2D eigenvalue weighted by Gasteiger charge is -2.01. The van der Waals surface area contributed by atoms with E-state index >= 15 is 0 Å². The second kappa shape index (κ2) is 4.80. The minimum atomic E-state index is 0.635. The zero-order chi connectivity index (χ0) is 15.1. The number of rotatable bonds is 2. The molecule has 0 spiro atoms. The summed E-state index contributed by atoms with van der Waals surface area (Å²) in [5.41, 5.74) is 6.08. The predicted molar refractivity (Wildman–Crippen MR) is 83.8 cm³/mol. The van der Waals surface area contributed by atoms with E-state index in [1.807, 2.05) is 34.9 Å². The summed E-state index contributed by atoms with van der Waals surface area (Å²) in [6, 6.07) is 12.0. The van der Waals surface area contributed by atoms with Crippen LogP contribution in [0.5, 0.6) is 0 Å². The van der Waals surface area contributed by atoms with Crippen LogP contribution in [0.1, 0.15) is 11.1 Å².